The zero-order valence-corrected chi connectivity index (χ0v) is 13.3. The third kappa shape index (κ3) is 3.34. The van der Waals surface area contributed by atoms with E-state index in [1.165, 1.54) is 0 Å². The lowest BCUT2D eigenvalue weighted by Crippen LogP contribution is -2.22. The molecule has 0 saturated carbocycles. The zero-order valence-electron chi connectivity index (χ0n) is 13.3. The number of aromatic nitrogens is 1. The van der Waals surface area contributed by atoms with Crippen molar-refractivity contribution in [3.05, 3.63) is 88.3 Å². The second-order valence-electron chi connectivity index (χ2n) is 5.56. The first kappa shape index (κ1) is 15.1. The quantitative estimate of drug-likeness (QED) is 0.732. The molecule has 3 nitrogen and oxygen atoms in total. The number of benzene rings is 2. The Hall–Kier alpha value is -2.81. The van der Waals surface area contributed by atoms with Crippen LogP contribution in [0, 0.1) is 6.92 Å². The van der Waals surface area contributed by atoms with E-state index in [4.69, 9.17) is 4.74 Å². The van der Waals surface area contributed by atoms with E-state index in [1.54, 1.807) is 11.7 Å². The molecule has 0 saturated heterocycles. The van der Waals surface area contributed by atoms with Crippen LogP contribution >= 0.6 is 0 Å². The maximum absolute atomic E-state index is 12.4. The zero-order chi connectivity index (χ0) is 16.2. The lowest BCUT2D eigenvalue weighted by molar-refractivity contribution is 0.415. The molecule has 1 heterocycles. The normalized spacial score (nSPS) is 10.5. The van der Waals surface area contributed by atoms with Crippen molar-refractivity contribution in [1.29, 1.82) is 0 Å². The molecule has 3 rings (SSSR count). The van der Waals surface area contributed by atoms with Gasteiger partial charge in [-0.25, -0.2) is 0 Å². The summed E-state index contributed by atoms with van der Waals surface area (Å²) in [5.74, 6) is 0.822. The van der Waals surface area contributed by atoms with E-state index in [-0.39, 0.29) is 5.56 Å². The topological polar surface area (TPSA) is 31.2 Å². The summed E-state index contributed by atoms with van der Waals surface area (Å²) in [7, 11) is 1.65. The Morgan fingerprint density at radius 1 is 0.957 bits per heavy atom. The summed E-state index contributed by atoms with van der Waals surface area (Å²) in [6.07, 6.45) is 1.92. The Morgan fingerprint density at radius 2 is 1.65 bits per heavy atom. The van der Waals surface area contributed by atoms with Gasteiger partial charge in [0.05, 0.1) is 13.7 Å². The van der Waals surface area contributed by atoms with Gasteiger partial charge in [0.1, 0.15) is 5.75 Å². The van der Waals surface area contributed by atoms with Gasteiger partial charge >= 0.3 is 0 Å². The molecule has 2 aromatic carbocycles. The number of aryl methyl sites for hydroxylation is 1. The Labute approximate surface area is 135 Å². The molecule has 0 unspecified atom stereocenters. The largest absolute Gasteiger partial charge is 0.497 e. The fourth-order valence-electron chi connectivity index (χ4n) is 2.62. The van der Waals surface area contributed by atoms with Gasteiger partial charge in [0.25, 0.3) is 5.56 Å². The highest BCUT2D eigenvalue weighted by molar-refractivity contribution is 5.64. The number of methoxy groups -OCH3 is 1. The minimum absolute atomic E-state index is 0.0473. The molecular weight excluding hydrogens is 286 g/mol. The van der Waals surface area contributed by atoms with Gasteiger partial charge in [-0.1, -0.05) is 42.5 Å². The molecule has 0 fully saturated rings. The van der Waals surface area contributed by atoms with Crippen LogP contribution in [0.15, 0.2) is 71.7 Å². The number of rotatable bonds is 4. The van der Waals surface area contributed by atoms with Crippen molar-refractivity contribution < 1.29 is 4.74 Å². The summed E-state index contributed by atoms with van der Waals surface area (Å²) in [5, 5.41) is 0. The van der Waals surface area contributed by atoms with Crippen molar-refractivity contribution in [2.75, 3.05) is 7.11 Å². The molecular formula is C20H19NO2. The summed E-state index contributed by atoms with van der Waals surface area (Å²) in [6, 6.07) is 19.8. The smallest absolute Gasteiger partial charge is 0.253 e. The molecule has 0 bridgehead atoms. The van der Waals surface area contributed by atoms with Gasteiger partial charge in [0, 0.05) is 11.8 Å². The van der Waals surface area contributed by atoms with Crippen molar-refractivity contribution in [1.82, 2.24) is 4.57 Å². The second kappa shape index (κ2) is 6.53. The number of ether oxygens (including phenoxy) is 1. The van der Waals surface area contributed by atoms with Crippen molar-refractivity contribution in [2.45, 2.75) is 13.5 Å². The van der Waals surface area contributed by atoms with Crippen molar-refractivity contribution in [3.8, 4) is 16.9 Å². The Kier molecular flexibility index (Phi) is 4.29. The molecule has 0 aliphatic carbocycles. The van der Waals surface area contributed by atoms with Crippen LogP contribution in [0.4, 0.5) is 0 Å². The van der Waals surface area contributed by atoms with Crippen molar-refractivity contribution in [3.63, 3.8) is 0 Å². The molecule has 1 aromatic heterocycles. The van der Waals surface area contributed by atoms with E-state index in [1.807, 2.05) is 73.8 Å². The van der Waals surface area contributed by atoms with E-state index in [0.29, 0.717) is 6.54 Å². The molecule has 0 N–H and O–H groups in total. The van der Waals surface area contributed by atoms with Crippen molar-refractivity contribution in [2.24, 2.45) is 0 Å². The molecule has 0 radical (unpaired) electrons. The highest BCUT2D eigenvalue weighted by atomic mass is 16.5. The van der Waals surface area contributed by atoms with Crippen LogP contribution in [-0.2, 0) is 6.54 Å². The van der Waals surface area contributed by atoms with Crippen LogP contribution in [0.3, 0.4) is 0 Å². The molecule has 0 atom stereocenters. The minimum atomic E-state index is 0.0473. The van der Waals surface area contributed by atoms with E-state index in [9.17, 15) is 4.79 Å². The monoisotopic (exact) mass is 305 g/mol. The van der Waals surface area contributed by atoms with Crippen LogP contribution in [0.1, 0.15) is 11.1 Å². The summed E-state index contributed by atoms with van der Waals surface area (Å²) in [4.78, 5) is 12.4. The van der Waals surface area contributed by atoms with Gasteiger partial charge in [-0.15, -0.1) is 0 Å². The van der Waals surface area contributed by atoms with E-state index in [2.05, 4.69) is 0 Å². The number of hydrogen-bond donors (Lipinski definition) is 0. The summed E-state index contributed by atoms with van der Waals surface area (Å²) >= 11 is 0. The minimum Gasteiger partial charge on any atom is -0.497 e. The second-order valence-corrected chi connectivity index (χ2v) is 5.56. The van der Waals surface area contributed by atoms with Gasteiger partial charge in [0.15, 0.2) is 0 Å². The van der Waals surface area contributed by atoms with Gasteiger partial charge < -0.3 is 9.30 Å². The van der Waals surface area contributed by atoms with E-state index < -0.39 is 0 Å². The van der Waals surface area contributed by atoms with Crippen LogP contribution in [-0.4, -0.2) is 11.7 Å². The van der Waals surface area contributed by atoms with Crippen LogP contribution in [0.2, 0.25) is 0 Å². The fourth-order valence-corrected chi connectivity index (χ4v) is 2.62. The van der Waals surface area contributed by atoms with Crippen LogP contribution in [0.5, 0.6) is 5.75 Å². The third-order valence-corrected chi connectivity index (χ3v) is 3.88. The van der Waals surface area contributed by atoms with E-state index >= 15 is 0 Å². The Morgan fingerprint density at radius 3 is 2.30 bits per heavy atom. The molecule has 23 heavy (non-hydrogen) atoms. The summed E-state index contributed by atoms with van der Waals surface area (Å²) in [6.45, 7) is 2.43. The molecule has 3 aromatic rings. The number of nitrogens with zero attached hydrogens (tertiary/aromatic N) is 1. The predicted octanol–water partition coefficient (Wildman–Crippen LogP) is 3.88. The SMILES string of the molecule is COc1ccc(-c2cc(C)c(=O)n(Cc3ccccc3)c2)cc1. The first-order valence-electron chi connectivity index (χ1n) is 7.57. The highest BCUT2D eigenvalue weighted by Crippen LogP contribution is 2.22. The average Bonchev–Trinajstić information content (AvgIpc) is 2.60. The Balaban J connectivity index is 2.00. The first-order chi connectivity index (χ1) is 11.2. The lowest BCUT2D eigenvalue weighted by Gasteiger charge is -2.11. The van der Waals surface area contributed by atoms with E-state index in [0.717, 1.165) is 28.0 Å². The molecule has 0 aliphatic heterocycles. The fraction of sp³-hybridized carbons (Fsp3) is 0.150. The lowest BCUT2D eigenvalue weighted by atomic mass is 10.1. The van der Waals surface area contributed by atoms with Gasteiger partial charge in [-0.2, -0.15) is 0 Å². The van der Waals surface area contributed by atoms with Crippen LogP contribution in [0.25, 0.3) is 11.1 Å². The summed E-state index contributed by atoms with van der Waals surface area (Å²) in [5.41, 5.74) is 4.00. The number of pyridine rings is 1. The van der Waals surface area contributed by atoms with Crippen molar-refractivity contribution >= 4 is 0 Å². The highest BCUT2D eigenvalue weighted by Gasteiger charge is 2.06. The van der Waals surface area contributed by atoms with Gasteiger partial charge in [-0.05, 0) is 41.8 Å². The maximum atomic E-state index is 12.4. The average molecular weight is 305 g/mol. The predicted molar refractivity (Wildman–Crippen MR) is 93.0 cm³/mol. The molecule has 3 heteroatoms. The molecule has 0 amide bonds. The summed E-state index contributed by atoms with van der Waals surface area (Å²) < 4.78 is 6.96. The molecule has 0 aliphatic rings. The maximum Gasteiger partial charge on any atom is 0.253 e. The van der Waals surface area contributed by atoms with Gasteiger partial charge in [0.2, 0.25) is 0 Å². The third-order valence-electron chi connectivity index (χ3n) is 3.88. The van der Waals surface area contributed by atoms with Crippen LogP contribution < -0.4 is 10.3 Å². The molecule has 0 spiro atoms. The number of hydrogen-bond acceptors (Lipinski definition) is 2. The first-order valence-corrected chi connectivity index (χ1v) is 7.57. The standard InChI is InChI=1S/C20H19NO2/c1-15-12-18(17-8-10-19(23-2)11-9-17)14-21(20(15)22)13-16-6-4-3-5-7-16/h3-12,14H,13H2,1-2H3. The molecule has 116 valence electrons. The Bertz CT molecular complexity index is 849. The van der Waals surface area contributed by atoms with Gasteiger partial charge in [-0.3, -0.25) is 4.79 Å².